The van der Waals surface area contributed by atoms with E-state index in [0.29, 0.717) is 0 Å². The van der Waals surface area contributed by atoms with E-state index >= 15 is 0 Å². The van der Waals surface area contributed by atoms with Crippen molar-refractivity contribution in [1.29, 1.82) is 0 Å². The van der Waals surface area contributed by atoms with Gasteiger partial charge >= 0.3 is 0 Å². The molecule has 0 aliphatic heterocycles. The van der Waals surface area contributed by atoms with Crippen LogP contribution in [0.25, 0.3) is 0 Å². The molecule has 0 aliphatic carbocycles. The minimum atomic E-state index is -4.16. The first-order chi connectivity index (χ1) is 17.1. The van der Waals surface area contributed by atoms with Gasteiger partial charge < -0.3 is 10.2 Å². The van der Waals surface area contributed by atoms with Crippen LogP contribution in [0.3, 0.4) is 0 Å². The van der Waals surface area contributed by atoms with Crippen LogP contribution in [-0.4, -0.2) is 44.8 Å². The number of sulfonamides is 1. The van der Waals surface area contributed by atoms with Crippen LogP contribution in [0.5, 0.6) is 0 Å². The lowest BCUT2D eigenvalue weighted by atomic mass is 10.1. The van der Waals surface area contributed by atoms with E-state index in [1.54, 1.807) is 25.1 Å². The summed E-state index contributed by atoms with van der Waals surface area (Å²) >= 11 is 12.2. The molecule has 0 aromatic heterocycles. The van der Waals surface area contributed by atoms with Crippen LogP contribution >= 0.6 is 23.2 Å². The number of anilines is 1. The Balaban J connectivity index is 2.06. The highest BCUT2D eigenvalue weighted by Gasteiger charge is 2.32. The summed E-state index contributed by atoms with van der Waals surface area (Å²) in [6.07, 6.45) is 0. The van der Waals surface area contributed by atoms with E-state index in [-0.39, 0.29) is 33.1 Å². The summed E-state index contributed by atoms with van der Waals surface area (Å²) in [5.74, 6) is -0.927. The lowest BCUT2D eigenvalue weighted by Crippen LogP contribution is -2.50. The Morgan fingerprint density at radius 3 is 2.19 bits per heavy atom. The number of likely N-dealkylation sites (N-methyl/N-ethyl adjacent to an activating group) is 1. The van der Waals surface area contributed by atoms with Crippen LogP contribution in [0, 0.1) is 6.92 Å². The summed E-state index contributed by atoms with van der Waals surface area (Å²) in [6, 6.07) is 18.8. The van der Waals surface area contributed by atoms with Gasteiger partial charge in [-0.1, -0.05) is 65.7 Å². The smallest absolute Gasteiger partial charge is 0.264 e. The zero-order valence-corrected chi connectivity index (χ0v) is 22.4. The van der Waals surface area contributed by atoms with Crippen LogP contribution in [0.2, 0.25) is 10.0 Å². The fourth-order valence-corrected chi connectivity index (χ4v) is 5.37. The molecule has 0 bridgehead atoms. The summed E-state index contributed by atoms with van der Waals surface area (Å²) in [5, 5.41) is 2.95. The number of hydrogen-bond acceptors (Lipinski definition) is 4. The average molecular weight is 548 g/mol. The summed E-state index contributed by atoms with van der Waals surface area (Å²) in [4.78, 5) is 27.6. The number of carbonyl (C=O) groups is 2. The number of carbonyl (C=O) groups excluding carboxylic acids is 2. The molecule has 0 spiro atoms. The number of hydrogen-bond donors (Lipinski definition) is 1. The van der Waals surface area contributed by atoms with Gasteiger partial charge in [0.2, 0.25) is 11.8 Å². The average Bonchev–Trinajstić information content (AvgIpc) is 2.87. The Morgan fingerprint density at radius 2 is 1.58 bits per heavy atom. The van der Waals surface area contributed by atoms with Crippen molar-refractivity contribution < 1.29 is 18.0 Å². The maximum Gasteiger partial charge on any atom is 0.264 e. The van der Waals surface area contributed by atoms with Crippen LogP contribution in [0.15, 0.2) is 77.7 Å². The third-order valence-electron chi connectivity index (χ3n) is 5.82. The Kier molecular flexibility index (Phi) is 9.00. The highest BCUT2D eigenvalue weighted by Crippen LogP contribution is 2.31. The van der Waals surface area contributed by atoms with Crippen molar-refractivity contribution in [3.05, 3.63) is 94.0 Å². The first kappa shape index (κ1) is 27.5. The third-order valence-corrected chi connectivity index (χ3v) is 8.34. The van der Waals surface area contributed by atoms with Crippen molar-refractivity contribution in [3.63, 3.8) is 0 Å². The van der Waals surface area contributed by atoms with Crippen LogP contribution < -0.4 is 9.62 Å². The molecule has 3 rings (SSSR count). The Morgan fingerprint density at radius 1 is 0.944 bits per heavy atom. The third kappa shape index (κ3) is 6.19. The normalized spacial score (nSPS) is 12.0. The van der Waals surface area contributed by atoms with Gasteiger partial charge in [0.25, 0.3) is 10.0 Å². The highest BCUT2D eigenvalue weighted by molar-refractivity contribution is 7.92. The summed E-state index contributed by atoms with van der Waals surface area (Å²) in [6.45, 7) is 3.08. The summed E-state index contributed by atoms with van der Waals surface area (Å²) in [5.41, 5.74) is 1.95. The molecule has 1 N–H and O–H groups in total. The minimum Gasteiger partial charge on any atom is -0.357 e. The molecule has 0 saturated heterocycles. The lowest BCUT2D eigenvalue weighted by Gasteiger charge is -2.32. The molecule has 0 saturated carbocycles. The highest BCUT2D eigenvalue weighted by atomic mass is 35.5. The summed E-state index contributed by atoms with van der Waals surface area (Å²) in [7, 11) is -2.68. The molecule has 0 fully saturated rings. The van der Waals surface area contributed by atoms with Crippen molar-refractivity contribution in [2.75, 3.05) is 17.9 Å². The topological polar surface area (TPSA) is 86.8 Å². The maximum absolute atomic E-state index is 13.7. The Bertz CT molecular complexity index is 1350. The predicted octanol–water partition coefficient (Wildman–Crippen LogP) is 4.66. The van der Waals surface area contributed by atoms with Gasteiger partial charge in [0, 0.05) is 13.6 Å². The van der Waals surface area contributed by atoms with Gasteiger partial charge in [-0.2, -0.15) is 0 Å². The number of halogens is 2. The molecule has 3 aromatic rings. The second-order valence-electron chi connectivity index (χ2n) is 8.16. The molecule has 0 heterocycles. The quantitative estimate of drug-likeness (QED) is 0.422. The molecule has 0 aliphatic rings. The van der Waals surface area contributed by atoms with E-state index < -0.39 is 28.5 Å². The number of rotatable bonds is 9. The first-order valence-corrected chi connectivity index (χ1v) is 13.3. The SMILES string of the molecule is CNC(=O)C(C)N(Cc1ccccc1C)C(=O)CN(c1ccc(Cl)c(Cl)c1)S(=O)(=O)c1ccccc1. The van der Waals surface area contributed by atoms with Gasteiger partial charge in [0.1, 0.15) is 12.6 Å². The maximum atomic E-state index is 13.7. The van der Waals surface area contributed by atoms with E-state index in [1.807, 2.05) is 31.2 Å². The molecule has 1 unspecified atom stereocenters. The Hall–Kier alpha value is -3.07. The number of nitrogens with one attached hydrogen (secondary N) is 1. The molecule has 0 radical (unpaired) electrons. The van der Waals surface area contributed by atoms with E-state index in [2.05, 4.69) is 5.32 Å². The first-order valence-electron chi connectivity index (χ1n) is 11.1. The number of benzene rings is 3. The number of amides is 2. The Labute approximate surface area is 221 Å². The van der Waals surface area contributed by atoms with E-state index in [1.165, 1.54) is 42.3 Å². The van der Waals surface area contributed by atoms with Crippen molar-refractivity contribution >= 4 is 50.7 Å². The van der Waals surface area contributed by atoms with Gasteiger partial charge in [0.15, 0.2) is 0 Å². The molecule has 10 heteroatoms. The number of aryl methyl sites for hydroxylation is 1. The van der Waals surface area contributed by atoms with Gasteiger partial charge in [-0.15, -0.1) is 0 Å². The van der Waals surface area contributed by atoms with Crippen LogP contribution in [0.4, 0.5) is 5.69 Å². The van der Waals surface area contributed by atoms with Gasteiger partial charge in [0.05, 0.1) is 20.6 Å². The second-order valence-corrected chi connectivity index (χ2v) is 10.8. The van der Waals surface area contributed by atoms with E-state index in [4.69, 9.17) is 23.2 Å². The number of nitrogens with zero attached hydrogens (tertiary/aromatic N) is 2. The van der Waals surface area contributed by atoms with Crippen molar-refractivity contribution in [2.45, 2.75) is 31.3 Å². The predicted molar refractivity (Wildman–Crippen MR) is 143 cm³/mol. The monoisotopic (exact) mass is 547 g/mol. The standard InChI is InChI=1S/C26H27Cl2N3O4S/c1-18-9-7-8-10-20(18)16-30(19(2)26(33)29-3)25(32)17-31(21-13-14-23(27)24(28)15-21)36(34,35)22-11-5-4-6-12-22/h4-15,19H,16-17H2,1-3H3,(H,29,33). The van der Waals surface area contributed by atoms with Gasteiger partial charge in [-0.25, -0.2) is 8.42 Å². The van der Waals surface area contributed by atoms with Crippen LogP contribution in [-0.2, 0) is 26.2 Å². The second kappa shape index (κ2) is 11.8. The zero-order chi connectivity index (χ0) is 26.5. The van der Waals surface area contributed by atoms with Crippen LogP contribution in [0.1, 0.15) is 18.1 Å². The van der Waals surface area contributed by atoms with Gasteiger partial charge in [-0.05, 0) is 55.3 Å². The molecular formula is C26H27Cl2N3O4S. The van der Waals surface area contributed by atoms with Gasteiger partial charge in [-0.3, -0.25) is 13.9 Å². The molecule has 2 amide bonds. The lowest BCUT2D eigenvalue weighted by molar-refractivity contribution is -0.139. The fraction of sp³-hybridized carbons (Fsp3) is 0.231. The molecule has 36 heavy (non-hydrogen) atoms. The molecule has 1 atom stereocenters. The zero-order valence-electron chi connectivity index (χ0n) is 20.1. The fourth-order valence-electron chi connectivity index (χ4n) is 3.65. The van der Waals surface area contributed by atoms with E-state index in [0.717, 1.165) is 15.4 Å². The summed E-state index contributed by atoms with van der Waals surface area (Å²) < 4.78 is 28.3. The van der Waals surface area contributed by atoms with Crippen molar-refractivity contribution in [2.24, 2.45) is 0 Å². The van der Waals surface area contributed by atoms with E-state index in [9.17, 15) is 18.0 Å². The molecule has 7 nitrogen and oxygen atoms in total. The van der Waals surface area contributed by atoms with Crippen molar-refractivity contribution in [1.82, 2.24) is 10.2 Å². The molecular weight excluding hydrogens is 521 g/mol. The molecule has 190 valence electrons. The van der Waals surface area contributed by atoms with Crippen molar-refractivity contribution in [3.8, 4) is 0 Å². The molecule has 3 aromatic carbocycles. The largest absolute Gasteiger partial charge is 0.357 e. The minimum absolute atomic E-state index is 0.00803.